The molecule has 2 fully saturated rings. The van der Waals surface area contributed by atoms with Gasteiger partial charge in [-0.3, -0.25) is 9.59 Å². The van der Waals surface area contributed by atoms with Gasteiger partial charge in [0.15, 0.2) is 17.1 Å². The molecule has 1 aliphatic carbocycles. The molecule has 0 spiro atoms. The Morgan fingerprint density at radius 3 is 2.71 bits per heavy atom. The molecule has 1 aromatic heterocycles. The number of amides is 1. The quantitative estimate of drug-likeness (QED) is 0.789. The van der Waals surface area contributed by atoms with Crippen LogP contribution in [0.4, 0.5) is 0 Å². The Labute approximate surface area is 166 Å². The summed E-state index contributed by atoms with van der Waals surface area (Å²) in [6, 6.07) is 4.86. The van der Waals surface area contributed by atoms with Gasteiger partial charge >= 0.3 is 5.97 Å². The van der Waals surface area contributed by atoms with Crippen LogP contribution >= 0.6 is 11.6 Å². The number of nitrogens with zero attached hydrogens (tertiary/aromatic N) is 1. The lowest BCUT2D eigenvalue weighted by Gasteiger charge is -2.43. The fourth-order valence-corrected chi connectivity index (χ4v) is 4.30. The Morgan fingerprint density at radius 2 is 2.07 bits per heavy atom. The van der Waals surface area contributed by atoms with Crippen molar-refractivity contribution in [3.8, 4) is 5.75 Å². The van der Waals surface area contributed by atoms with Crippen molar-refractivity contribution in [2.45, 2.75) is 31.8 Å². The molecule has 0 bridgehead atoms. The first-order valence-electron chi connectivity index (χ1n) is 9.32. The summed E-state index contributed by atoms with van der Waals surface area (Å²) in [5.41, 5.74) is -0.919. The van der Waals surface area contributed by atoms with Crippen LogP contribution < -0.4 is 4.74 Å². The zero-order chi connectivity index (χ0) is 20.1. The molecule has 0 unspecified atom stereocenters. The minimum Gasteiger partial charge on any atom is -0.493 e. The van der Waals surface area contributed by atoms with Crippen molar-refractivity contribution in [3.63, 3.8) is 0 Å². The lowest BCUT2D eigenvalue weighted by molar-refractivity contribution is -0.163. The average Bonchev–Trinajstić information content (AvgIpc) is 3.37. The molecule has 2 N–H and O–H groups in total. The van der Waals surface area contributed by atoms with Gasteiger partial charge < -0.3 is 24.3 Å². The molecular formula is C20H22ClNO6. The number of benzene rings is 1. The highest BCUT2D eigenvalue weighted by atomic mass is 35.5. The first-order valence-corrected chi connectivity index (χ1v) is 9.69. The van der Waals surface area contributed by atoms with Crippen LogP contribution in [0.1, 0.15) is 36.2 Å². The van der Waals surface area contributed by atoms with Gasteiger partial charge in [-0.05, 0) is 30.9 Å². The van der Waals surface area contributed by atoms with Crippen molar-refractivity contribution in [1.82, 2.24) is 4.90 Å². The SMILES string of the molecule is COc1cc(Cl)cc2cc(C(=O)N3CC[C@H](O)[C@](CC4CC4)(C(=O)O)C3)oc12. The minimum absolute atomic E-state index is 0.0340. The van der Waals surface area contributed by atoms with Crippen LogP contribution in [0.2, 0.25) is 5.02 Å². The summed E-state index contributed by atoms with van der Waals surface area (Å²) >= 11 is 6.07. The van der Waals surface area contributed by atoms with Crippen LogP contribution in [0.25, 0.3) is 11.0 Å². The lowest BCUT2D eigenvalue weighted by atomic mass is 9.73. The average molecular weight is 408 g/mol. The molecule has 1 saturated heterocycles. The monoisotopic (exact) mass is 407 g/mol. The minimum atomic E-state index is -1.33. The van der Waals surface area contributed by atoms with Crippen molar-refractivity contribution in [3.05, 3.63) is 29.0 Å². The Balaban J connectivity index is 1.64. The number of furan rings is 1. The summed E-state index contributed by atoms with van der Waals surface area (Å²) < 4.78 is 11.0. The van der Waals surface area contributed by atoms with Crippen LogP contribution in [-0.2, 0) is 4.79 Å². The summed E-state index contributed by atoms with van der Waals surface area (Å²) in [6.07, 6.45) is 1.58. The number of piperidine rings is 1. The highest BCUT2D eigenvalue weighted by molar-refractivity contribution is 6.31. The molecule has 2 aliphatic rings. The molecule has 1 saturated carbocycles. The van der Waals surface area contributed by atoms with E-state index >= 15 is 0 Å². The maximum Gasteiger partial charge on any atom is 0.314 e. The molecule has 2 heterocycles. The van der Waals surface area contributed by atoms with Gasteiger partial charge in [0.25, 0.3) is 5.91 Å². The number of hydrogen-bond donors (Lipinski definition) is 2. The number of ether oxygens (including phenoxy) is 1. The largest absolute Gasteiger partial charge is 0.493 e. The number of aliphatic hydroxyl groups excluding tert-OH is 1. The van der Waals surface area contributed by atoms with Crippen LogP contribution in [0, 0.1) is 11.3 Å². The summed E-state index contributed by atoms with van der Waals surface area (Å²) in [7, 11) is 1.49. The topological polar surface area (TPSA) is 100 Å². The van der Waals surface area contributed by atoms with Crippen molar-refractivity contribution in [2.24, 2.45) is 11.3 Å². The molecule has 1 amide bonds. The van der Waals surface area contributed by atoms with Crippen molar-refractivity contribution < 1.29 is 29.0 Å². The fourth-order valence-electron chi connectivity index (χ4n) is 4.09. The van der Waals surface area contributed by atoms with E-state index in [2.05, 4.69) is 0 Å². The van der Waals surface area contributed by atoms with Gasteiger partial charge in [-0.1, -0.05) is 24.4 Å². The van der Waals surface area contributed by atoms with E-state index in [1.54, 1.807) is 18.2 Å². The number of likely N-dealkylation sites (tertiary alicyclic amines) is 1. The number of aliphatic carboxylic acids is 1. The van der Waals surface area contributed by atoms with Gasteiger partial charge in [0.2, 0.25) is 0 Å². The van der Waals surface area contributed by atoms with Crippen LogP contribution in [-0.4, -0.2) is 53.3 Å². The number of carbonyl (C=O) groups is 2. The standard InChI is InChI=1S/C20H22ClNO6/c1-27-14-8-13(21)6-12-7-15(28-17(12)14)18(24)22-5-4-16(23)20(10-22,19(25)26)9-11-2-3-11/h6-8,11,16,23H,2-5,9-10H2,1H3,(H,25,26)/t16-,20+/m0/s1. The van der Waals surface area contributed by atoms with Crippen molar-refractivity contribution in [1.29, 1.82) is 0 Å². The second kappa shape index (κ2) is 6.97. The second-order valence-corrected chi connectivity index (χ2v) is 8.21. The summed E-state index contributed by atoms with van der Waals surface area (Å²) in [5, 5.41) is 21.4. The number of carboxylic acid groups (broad SMARTS) is 1. The molecule has 2 aromatic rings. The van der Waals surface area contributed by atoms with E-state index in [1.807, 2.05) is 0 Å². The van der Waals surface area contributed by atoms with E-state index in [9.17, 15) is 19.8 Å². The fraction of sp³-hybridized carbons (Fsp3) is 0.500. The van der Waals surface area contributed by atoms with E-state index < -0.39 is 23.4 Å². The Hall–Kier alpha value is -2.25. The van der Waals surface area contributed by atoms with Crippen LogP contribution in [0.5, 0.6) is 5.75 Å². The third-order valence-corrected chi connectivity index (χ3v) is 6.04. The van der Waals surface area contributed by atoms with Gasteiger partial charge in [-0.15, -0.1) is 0 Å². The van der Waals surface area contributed by atoms with Crippen molar-refractivity contribution in [2.75, 3.05) is 20.2 Å². The number of carboxylic acids is 1. The summed E-state index contributed by atoms with van der Waals surface area (Å²) in [5.74, 6) is -0.634. The molecule has 4 rings (SSSR count). The highest BCUT2D eigenvalue weighted by Crippen LogP contribution is 2.45. The van der Waals surface area contributed by atoms with Crippen LogP contribution in [0.3, 0.4) is 0 Å². The third-order valence-electron chi connectivity index (χ3n) is 5.82. The third kappa shape index (κ3) is 3.22. The Bertz CT molecular complexity index is 936. The molecule has 0 radical (unpaired) electrons. The predicted molar refractivity (Wildman–Crippen MR) is 102 cm³/mol. The van der Waals surface area contributed by atoms with E-state index in [0.717, 1.165) is 12.8 Å². The Kier molecular flexibility index (Phi) is 4.75. The van der Waals surface area contributed by atoms with E-state index in [-0.39, 0.29) is 25.3 Å². The molecule has 2 atom stereocenters. The number of halogens is 1. The zero-order valence-corrected chi connectivity index (χ0v) is 16.2. The normalized spacial score (nSPS) is 25.1. The molecular weight excluding hydrogens is 386 g/mol. The van der Waals surface area contributed by atoms with Gasteiger partial charge in [0, 0.05) is 29.6 Å². The molecule has 1 aromatic carbocycles. The number of rotatable bonds is 5. The summed E-state index contributed by atoms with van der Waals surface area (Å²) in [4.78, 5) is 26.6. The number of fused-ring (bicyclic) bond motifs is 1. The zero-order valence-electron chi connectivity index (χ0n) is 15.5. The van der Waals surface area contributed by atoms with Gasteiger partial charge in [0.05, 0.1) is 13.2 Å². The number of carbonyl (C=O) groups excluding carboxylic acids is 1. The van der Waals surface area contributed by atoms with Gasteiger partial charge in [-0.2, -0.15) is 0 Å². The van der Waals surface area contributed by atoms with E-state index in [1.165, 1.54) is 12.0 Å². The summed E-state index contributed by atoms with van der Waals surface area (Å²) in [6.45, 7) is 0.238. The number of methoxy groups -OCH3 is 1. The van der Waals surface area contributed by atoms with E-state index in [0.29, 0.717) is 34.1 Å². The van der Waals surface area contributed by atoms with Crippen LogP contribution in [0.15, 0.2) is 22.6 Å². The van der Waals surface area contributed by atoms with Gasteiger partial charge in [-0.25, -0.2) is 0 Å². The molecule has 150 valence electrons. The lowest BCUT2D eigenvalue weighted by Crippen LogP contribution is -2.57. The number of aliphatic hydroxyl groups is 1. The van der Waals surface area contributed by atoms with E-state index in [4.69, 9.17) is 20.8 Å². The maximum absolute atomic E-state index is 13.1. The molecule has 1 aliphatic heterocycles. The Morgan fingerprint density at radius 1 is 1.32 bits per heavy atom. The number of hydrogen-bond acceptors (Lipinski definition) is 5. The van der Waals surface area contributed by atoms with Gasteiger partial charge in [0.1, 0.15) is 5.41 Å². The first kappa shape index (κ1) is 19.1. The molecule has 7 nitrogen and oxygen atoms in total. The first-order chi connectivity index (χ1) is 13.3. The second-order valence-electron chi connectivity index (χ2n) is 7.78. The molecule has 8 heteroatoms. The highest BCUT2D eigenvalue weighted by Gasteiger charge is 2.52. The smallest absolute Gasteiger partial charge is 0.314 e. The maximum atomic E-state index is 13.1. The van der Waals surface area contributed by atoms with Crippen molar-refractivity contribution >= 4 is 34.4 Å². The molecule has 28 heavy (non-hydrogen) atoms. The predicted octanol–water partition coefficient (Wildman–Crippen LogP) is 3.17.